The van der Waals surface area contributed by atoms with E-state index in [1.807, 2.05) is 38.1 Å². The Morgan fingerprint density at radius 2 is 1.97 bits per heavy atom. The van der Waals surface area contributed by atoms with Gasteiger partial charge in [-0.3, -0.25) is 14.0 Å². The fourth-order valence-corrected chi connectivity index (χ4v) is 5.84. The number of aryl methyl sites for hydroxylation is 2. The molecule has 186 valence electrons. The number of anilines is 1. The van der Waals surface area contributed by atoms with Crippen molar-refractivity contribution in [1.29, 1.82) is 0 Å². The summed E-state index contributed by atoms with van der Waals surface area (Å²) in [5.74, 6) is 2.14. The van der Waals surface area contributed by atoms with Crippen molar-refractivity contribution in [3.05, 3.63) is 64.5 Å². The molecule has 1 aliphatic heterocycles. The van der Waals surface area contributed by atoms with Gasteiger partial charge in [0.15, 0.2) is 0 Å². The third kappa shape index (κ3) is 5.24. The van der Waals surface area contributed by atoms with Gasteiger partial charge in [0.2, 0.25) is 5.82 Å². The second kappa shape index (κ2) is 10.3. The van der Waals surface area contributed by atoms with Crippen molar-refractivity contribution in [2.24, 2.45) is 0 Å². The number of nitrogens with one attached hydrogen (secondary N) is 2. The Bertz CT molecular complexity index is 1440. The minimum atomic E-state index is -0.802. The van der Waals surface area contributed by atoms with E-state index in [0.29, 0.717) is 47.2 Å². The van der Waals surface area contributed by atoms with E-state index in [0.717, 1.165) is 33.5 Å². The van der Waals surface area contributed by atoms with E-state index in [9.17, 15) is 9.00 Å². The number of nitrogens with zero attached hydrogens (tertiary/aromatic N) is 4. The quantitative estimate of drug-likeness (QED) is 0.384. The Morgan fingerprint density at radius 1 is 1.17 bits per heavy atom. The van der Waals surface area contributed by atoms with Gasteiger partial charge in [-0.15, -0.1) is 0 Å². The van der Waals surface area contributed by atoms with Crippen molar-refractivity contribution in [3.63, 3.8) is 0 Å². The molecule has 0 atom stereocenters. The van der Waals surface area contributed by atoms with E-state index >= 15 is 0 Å². The number of hydrogen-bond acceptors (Lipinski definition) is 8. The highest BCUT2D eigenvalue weighted by Gasteiger charge is 2.23. The van der Waals surface area contributed by atoms with Gasteiger partial charge in [0.25, 0.3) is 5.91 Å². The molecule has 11 heteroatoms. The van der Waals surface area contributed by atoms with Gasteiger partial charge in [-0.2, -0.15) is 0 Å². The maximum Gasteiger partial charge on any atom is 0.289 e. The van der Waals surface area contributed by atoms with Crippen LogP contribution < -0.4 is 10.6 Å². The van der Waals surface area contributed by atoms with Gasteiger partial charge in [-0.25, -0.2) is 9.97 Å². The molecule has 1 fully saturated rings. The SMILES string of the molecule is Cc1noc(C)c1-c1ccc2nc(C(=O)NC3CCS(=O)CC3)nc(NCc3cncc(Cl)c3)c2c1. The van der Waals surface area contributed by atoms with Gasteiger partial charge in [0, 0.05) is 58.2 Å². The topological polar surface area (TPSA) is 123 Å². The smallest absolute Gasteiger partial charge is 0.289 e. The van der Waals surface area contributed by atoms with Crippen LogP contribution in [0.5, 0.6) is 0 Å². The average molecular weight is 525 g/mol. The summed E-state index contributed by atoms with van der Waals surface area (Å²) in [5, 5.41) is 11.7. The molecule has 0 saturated carbocycles. The highest BCUT2D eigenvalue weighted by molar-refractivity contribution is 7.85. The monoisotopic (exact) mass is 524 g/mol. The molecule has 1 aromatic carbocycles. The van der Waals surface area contributed by atoms with Crippen LogP contribution >= 0.6 is 11.6 Å². The molecule has 5 rings (SSSR count). The van der Waals surface area contributed by atoms with Gasteiger partial charge in [-0.1, -0.05) is 22.8 Å². The van der Waals surface area contributed by atoms with Gasteiger partial charge in [0.1, 0.15) is 11.6 Å². The molecule has 0 unspecified atom stereocenters. The summed E-state index contributed by atoms with van der Waals surface area (Å²) < 4.78 is 17.0. The predicted molar refractivity (Wildman–Crippen MR) is 139 cm³/mol. The van der Waals surface area contributed by atoms with Gasteiger partial charge < -0.3 is 15.2 Å². The zero-order chi connectivity index (χ0) is 25.2. The van der Waals surface area contributed by atoms with Crippen molar-refractivity contribution in [3.8, 4) is 11.1 Å². The number of halogens is 1. The number of rotatable bonds is 6. The van der Waals surface area contributed by atoms with Crippen LogP contribution in [0.4, 0.5) is 5.82 Å². The lowest BCUT2D eigenvalue weighted by molar-refractivity contribution is 0.0924. The first-order valence-corrected chi connectivity index (χ1v) is 13.5. The summed E-state index contributed by atoms with van der Waals surface area (Å²) in [6.07, 6.45) is 4.65. The van der Waals surface area contributed by atoms with E-state index in [4.69, 9.17) is 16.1 Å². The van der Waals surface area contributed by atoms with E-state index < -0.39 is 10.8 Å². The number of carbonyl (C=O) groups is 1. The number of fused-ring (bicyclic) bond motifs is 1. The maximum atomic E-state index is 13.1. The van der Waals surface area contributed by atoms with E-state index in [2.05, 4.69) is 30.7 Å². The summed E-state index contributed by atoms with van der Waals surface area (Å²) >= 11 is 6.09. The third-order valence-electron chi connectivity index (χ3n) is 6.17. The summed E-state index contributed by atoms with van der Waals surface area (Å²) in [7, 11) is -0.802. The second-order valence-corrected chi connectivity index (χ2v) is 10.9. The Morgan fingerprint density at radius 3 is 2.69 bits per heavy atom. The highest BCUT2D eigenvalue weighted by atomic mass is 35.5. The summed E-state index contributed by atoms with van der Waals surface area (Å²) in [6.45, 7) is 4.17. The summed E-state index contributed by atoms with van der Waals surface area (Å²) in [6, 6.07) is 7.56. The highest BCUT2D eigenvalue weighted by Crippen LogP contribution is 2.31. The van der Waals surface area contributed by atoms with E-state index in [1.54, 1.807) is 12.4 Å². The number of benzene rings is 1. The van der Waals surface area contributed by atoms with Crippen molar-refractivity contribution >= 4 is 45.0 Å². The Hall–Kier alpha value is -3.37. The maximum absolute atomic E-state index is 13.1. The van der Waals surface area contributed by atoms with Crippen LogP contribution in [-0.2, 0) is 17.3 Å². The average Bonchev–Trinajstić information content (AvgIpc) is 3.21. The molecule has 1 saturated heterocycles. The Kier molecular flexibility index (Phi) is 6.97. The molecule has 0 aliphatic carbocycles. The lowest BCUT2D eigenvalue weighted by Gasteiger charge is -2.22. The van der Waals surface area contributed by atoms with Crippen molar-refractivity contribution < 1.29 is 13.5 Å². The molecule has 1 aliphatic rings. The number of aromatic nitrogens is 4. The number of amides is 1. The predicted octanol–water partition coefficient (Wildman–Crippen LogP) is 4.20. The van der Waals surface area contributed by atoms with Crippen LogP contribution in [0.1, 0.15) is 40.5 Å². The fourth-order valence-electron chi connectivity index (χ4n) is 4.34. The lowest BCUT2D eigenvalue weighted by Crippen LogP contribution is -2.40. The molecule has 3 aromatic heterocycles. The van der Waals surface area contributed by atoms with E-state index in [-0.39, 0.29) is 17.8 Å². The Labute approximate surface area is 215 Å². The summed E-state index contributed by atoms with van der Waals surface area (Å²) in [5.41, 5.74) is 4.12. The molecule has 36 heavy (non-hydrogen) atoms. The standard InChI is InChI=1S/C25H25ClN6O3S/c1-14-22(15(2)35-32-14)17-3-4-21-20(10-17)23(28-12-16-9-18(26)13-27-11-16)31-24(30-21)25(33)29-19-5-7-36(34)8-6-19/h3-4,9-11,13,19H,5-8,12H2,1-2H3,(H,29,33)(H,28,30,31). The molecule has 0 bridgehead atoms. The first-order valence-electron chi connectivity index (χ1n) is 11.6. The van der Waals surface area contributed by atoms with Crippen LogP contribution in [0.25, 0.3) is 22.0 Å². The fraction of sp³-hybridized carbons (Fsp3) is 0.320. The first-order chi connectivity index (χ1) is 17.4. The van der Waals surface area contributed by atoms with Crippen LogP contribution in [0.3, 0.4) is 0 Å². The minimum Gasteiger partial charge on any atom is -0.365 e. The lowest BCUT2D eigenvalue weighted by atomic mass is 10.0. The van der Waals surface area contributed by atoms with Crippen LogP contribution in [0, 0.1) is 13.8 Å². The molecular formula is C25H25ClN6O3S. The second-order valence-electron chi connectivity index (χ2n) is 8.79. The van der Waals surface area contributed by atoms with Gasteiger partial charge >= 0.3 is 0 Å². The molecule has 9 nitrogen and oxygen atoms in total. The zero-order valence-electron chi connectivity index (χ0n) is 19.9. The van der Waals surface area contributed by atoms with Crippen LogP contribution in [0.15, 0.2) is 41.2 Å². The van der Waals surface area contributed by atoms with Crippen molar-refractivity contribution in [2.45, 2.75) is 39.3 Å². The minimum absolute atomic E-state index is 0.0367. The number of pyridine rings is 1. The molecule has 2 N–H and O–H groups in total. The molecular weight excluding hydrogens is 500 g/mol. The first kappa shape index (κ1) is 24.3. The molecule has 1 amide bonds. The summed E-state index contributed by atoms with van der Waals surface area (Å²) in [4.78, 5) is 26.4. The number of carbonyl (C=O) groups excluding carboxylic acids is 1. The Balaban J connectivity index is 1.51. The van der Waals surface area contributed by atoms with Gasteiger partial charge in [0.05, 0.1) is 16.2 Å². The zero-order valence-corrected chi connectivity index (χ0v) is 21.4. The van der Waals surface area contributed by atoms with Crippen molar-refractivity contribution in [2.75, 3.05) is 16.8 Å². The van der Waals surface area contributed by atoms with Crippen LogP contribution in [0.2, 0.25) is 5.02 Å². The molecule has 0 spiro atoms. The van der Waals surface area contributed by atoms with Crippen LogP contribution in [-0.4, -0.2) is 47.8 Å². The number of hydrogen-bond donors (Lipinski definition) is 2. The largest absolute Gasteiger partial charge is 0.365 e. The van der Waals surface area contributed by atoms with E-state index in [1.165, 1.54) is 0 Å². The molecule has 0 radical (unpaired) electrons. The van der Waals surface area contributed by atoms with Crippen molar-refractivity contribution in [1.82, 2.24) is 25.4 Å². The normalized spacial score (nSPS) is 17.8. The molecule has 4 heterocycles. The van der Waals surface area contributed by atoms with Gasteiger partial charge in [-0.05, 0) is 56.0 Å². The molecule has 4 aromatic rings. The third-order valence-corrected chi connectivity index (χ3v) is 7.75.